The fraction of sp³-hybridized carbons (Fsp3) is 0.667. The van der Waals surface area contributed by atoms with Crippen LogP contribution in [-0.2, 0) is 0 Å². The Morgan fingerprint density at radius 1 is 1.64 bits per heavy atom. The predicted octanol–water partition coefficient (Wildman–Crippen LogP) is 1.27. The van der Waals surface area contributed by atoms with Gasteiger partial charge in [-0.05, 0) is 6.08 Å². The van der Waals surface area contributed by atoms with Crippen LogP contribution >= 0.6 is 0 Å². The molecule has 1 aliphatic rings. The Morgan fingerprint density at radius 3 is 2.55 bits per heavy atom. The second-order valence-corrected chi connectivity index (χ2v) is 2.27. The molecule has 0 fully saturated rings. The quantitative estimate of drug-likeness (QED) is 0.631. The van der Waals surface area contributed by atoms with Crippen LogP contribution in [0, 0.1) is 0 Å². The van der Waals surface area contributed by atoms with Gasteiger partial charge in [-0.3, -0.25) is 0 Å². The lowest BCUT2D eigenvalue weighted by Crippen LogP contribution is -2.35. The zero-order chi connectivity index (χ0) is 8.48. The third-order valence-corrected chi connectivity index (χ3v) is 1.48. The minimum absolute atomic E-state index is 0.325. The van der Waals surface area contributed by atoms with Crippen LogP contribution < -0.4 is 5.43 Å². The molecular weight excluding hydrogens is 157 g/mol. The SMILES string of the molecule is CCN1CC=C(C(F)(F)F)N1. The number of halogens is 3. The minimum atomic E-state index is -4.23. The van der Waals surface area contributed by atoms with E-state index in [1.165, 1.54) is 5.01 Å². The number of rotatable bonds is 1. The highest BCUT2D eigenvalue weighted by Gasteiger charge is 2.36. The topological polar surface area (TPSA) is 15.3 Å². The first-order valence-corrected chi connectivity index (χ1v) is 3.33. The second-order valence-electron chi connectivity index (χ2n) is 2.27. The fourth-order valence-corrected chi connectivity index (χ4v) is 0.850. The first-order valence-electron chi connectivity index (χ1n) is 3.33. The van der Waals surface area contributed by atoms with E-state index >= 15 is 0 Å². The summed E-state index contributed by atoms with van der Waals surface area (Å²) in [5, 5.41) is 1.49. The predicted molar refractivity (Wildman–Crippen MR) is 34.5 cm³/mol. The van der Waals surface area contributed by atoms with E-state index in [-0.39, 0.29) is 0 Å². The molecule has 0 amide bonds. The largest absolute Gasteiger partial charge is 0.431 e. The number of likely N-dealkylation sites (N-methyl/N-ethyl adjacent to an activating group) is 1. The van der Waals surface area contributed by atoms with E-state index in [2.05, 4.69) is 5.43 Å². The van der Waals surface area contributed by atoms with Crippen molar-refractivity contribution in [3.05, 3.63) is 11.8 Å². The molecule has 0 aromatic carbocycles. The summed E-state index contributed by atoms with van der Waals surface area (Å²) in [6, 6.07) is 0. The van der Waals surface area contributed by atoms with Crippen molar-refractivity contribution in [2.24, 2.45) is 0 Å². The summed E-state index contributed by atoms with van der Waals surface area (Å²) in [5.74, 6) is 0. The van der Waals surface area contributed by atoms with Crippen molar-refractivity contribution in [1.29, 1.82) is 0 Å². The normalized spacial score (nSPS) is 19.8. The molecule has 0 bridgehead atoms. The van der Waals surface area contributed by atoms with Gasteiger partial charge in [0, 0.05) is 13.1 Å². The van der Waals surface area contributed by atoms with Crippen molar-refractivity contribution in [3.63, 3.8) is 0 Å². The highest BCUT2D eigenvalue weighted by atomic mass is 19.4. The van der Waals surface area contributed by atoms with E-state index in [9.17, 15) is 13.2 Å². The number of nitrogens with one attached hydrogen (secondary N) is 1. The highest BCUT2D eigenvalue weighted by Crippen LogP contribution is 2.25. The molecule has 0 aromatic rings. The molecule has 1 rings (SSSR count). The molecule has 0 unspecified atom stereocenters. The Hall–Kier alpha value is -0.710. The van der Waals surface area contributed by atoms with E-state index in [1.807, 2.05) is 0 Å². The van der Waals surface area contributed by atoms with Crippen LogP contribution in [0.1, 0.15) is 6.92 Å². The van der Waals surface area contributed by atoms with E-state index in [0.29, 0.717) is 13.1 Å². The lowest BCUT2D eigenvalue weighted by Gasteiger charge is -2.16. The molecule has 0 aliphatic carbocycles. The molecule has 0 saturated carbocycles. The van der Waals surface area contributed by atoms with Gasteiger partial charge in [-0.25, -0.2) is 5.01 Å². The summed E-state index contributed by atoms with van der Waals surface area (Å²) in [6.45, 7) is 2.68. The van der Waals surface area contributed by atoms with Crippen LogP contribution in [0.3, 0.4) is 0 Å². The van der Waals surface area contributed by atoms with Gasteiger partial charge in [0.15, 0.2) is 0 Å². The molecule has 0 spiro atoms. The summed E-state index contributed by atoms with van der Waals surface area (Å²) in [7, 11) is 0. The van der Waals surface area contributed by atoms with Crippen molar-refractivity contribution < 1.29 is 13.2 Å². The Labute approximate surface area is 62.6 Å². The van der Waals surface area contributed by atoms with Crippen molar-refractivity contribution in [3.8, 4) is 0 Å². The third kappa shape index (κ3) is 1.86. The molecule has 1 heterocycles. The van der Waals surface area contributed by atoms with Crippen molar-refractivity contribution >= 4 is 0 Å². The summed E-state index contributed by atoms with van der Waals surface area (Å²) < 4.78 is 35.7. The van der Waals surface area contributed by atoms with E-state index in [1.54, 1.807) is 6.92 Å². The van der Waals surface area contributed by atoms with Crippen LogP contribution in [0.25, 0.3) is 0 Å². The van der Waals surface area contributed by atoms with Gasteiger partial charge in [0.1, 0.15) is 5.70 Å². The smallest absolute Gasteiger partial charge is 0.315 e. The maximum Gasteiger partial charge on any atom is 0.431 e. The molecule has 0 saturated heterocycles. The van der Waals surface area contributed by atoms with Gasteiger partial charge in [-0.15, -0.1) is 0 Å². The number of nitrogens with zero attached hydrogens (tertiary/aromatic N) is 1. The van der Waals surface area contributed by atoms with Crippen LogP contribution in [-0.4, -0.2) is 24.3 Å². The number of hydrazine groups is 1. The molecule has 11 heavy (non-hydrogen) atoms. The van der Waals surface area contributed by atoms with Crippen LogP contribution in [0.15, 0.2) is 11.8 Å². The number of alkyl halides is 3. The van der Waals surface area contributed by atoms with Crippen molar-refractivity contribution in [2.75, 3.05) is 13.1 Å². The highest BCUT2D eigenvalue weighted by molar-refractivity contribution is 5.10. The van der Waals surface area contributed by atoms with Crippen LogP contribution in [0.4, 0.5) is 13.2 Å². The Morgan fingerprint density at radius 2 is 2.27 bits per heavy atom. The standard InChI is InChI=1S/C6H9F3N2/c1-2-11-4-3-5(10-11)6(7,8)9/h3,10H,2,4H2,1H3. The van der Waals surface area contributed by atoms with Gasteiger partial charge < -0.3 is 5.43 Å². The van der Waals surface area contributed by atoms with Crippen molar-refractivity contribution in [2.45, 2.75) is 13.1 Å². The molecule has 0 atom stereocenters. The number of hydrogen-bond donors (Lipinski definition) is 1. The van der Waals surface area contributed by atoms with Gasteiger partial charge in [-0.1, -0.05) is 6.92 Å². The van der Waals surface area contributed by atoms with Crippen LogP contribution in [0.2, 0.25) is 0 Å². The van der Waals surface area contributed by atoms with Crippen molar-refractivity contribution in [1.82, 2.24) is 10.4 Å². The molecule has 5 heteroatoms. The van der Waals surface area contributed by atoms with Gasteiger partial charge >= 0.3 is 6.18 Å². The Kier molecular flexibility index (Phi) is 2.08. The molecule has 1 N–H and O–H groups in total. The third-order valence-electron chi connectivity index (χ3n) is 1.48. The van der Waals surface area contributed by atoms with E-state index < -0.39 is 11.9 Å². The second kappa shape index (κ2) is 2.73. The van der Waals surface area contributed by atoms with Gasteiger partial charge in [0.2, 0.25) is 0 Å². The molecule has 1 aliphatic heterocycles. The zero-order valence-corrected chi connectivity index (χ0v) is 6.07. The Balaban J connectivity index is 2.53. The zero-order valence-electron chi connectivity index (χ0n) is 6.07. The Bertz CT molecular complexity index is 173. The lowest BCUT2D eigenvalue weighted by molar-refractivity contribution is -0.100. The summed E-state index contributed by atoms with van der Waals surface area (Å²) >= 11 is 0. The molecule has 2 nitrogen and oxygen atoms in total. The molecule has 0 aromatic heterocycles. The number of hydrogen-bond acceptors (Lipinski definition) is 2. The summed E-state index contributed by atoms with van der Waals surface area (Å²) in [4.78, 5) is 0. The average molecular weight is 166 g/mol. The van der Waals surface area contributed by atoms with Gasteiger partial charge in [0.05, 0.1) is 0 Å². The van der Waals surface area contributed by atoms with Gasteiger partial charge in [-0.2, -0.15) is 13.2 Å². The maximum absolute atomic E-state index is 11.9. The van der Waals surface area contributed by atoms with Crippen LogP contribution in [0.5, 0.6) is 0 Å². The molecular formula is C6H9F3N2. The number of allylic oxidation sites excluding steroid dienone is 1. The lowest BCUT2D eigenvalue weighted by atomic mass is 10.4. The molecule has 64 valence electrons. The minimum Gasteiger partial charge on any atom is -0.315 e. The first-order chi connectivity index (χ1) is 5.04. The summed E-state index contributed by atoms with van der Waals surface area (Å²) in [6.07, 6.45) is -3.09. The summed E-state index contributed by atoms with van der Waals surface area (Å²) in [5.41, 5.74) is 1.60. The van der Waals surface area contributed by atoms with Gasteiger partial charge in [0.25, 0.3) is 0 Å². The van der Waals surface area contributed by atoms with E-state index in [4.69, 9.17) is 0 Å². The first kappa shape index (κ1) is 8.39. The maximum atomic E-state index is 11.9. The van der Waals surface area contributed by atoms with E-state index in [0.717, 1.165) is 6.08 Å². The molecule has 0 radical (unpaired) electrons. The fourth-order valence-electron chi connectivity index (χ4n) is 0.850. The average Bonchev–Trinajstić information content (AvgIpc) is 2.32. The monoisotopic (exact) mass is 166 g/mol.